The second-order valence-corrected chi connectivity index (χ2v) is 7.70. The normalized spacial score (nSPS) is 11.5. The van der Waals surface area contributed by atoms with Gasteiger partial charge in [0.25, 0.3) is 0 Å². The van der Waals surface area contributed by atoms with Crippen molar-refractivity contribution < 1.29 is 37.9 Å². The maximum absolute atomic E-state index is 12.5. The first-order valence-electron chi connectivity index (χ1n) is 10.5. The van der Waals surface area contributed by atoms with Crippen LogP contribution in [0.5, 0.6) is 0 Å². The Balaban J connectivity index is 2.66. The number of rotatable bonds is 15. The van der Waals surface area contributed by atoms with Crippen LogP contribution in [-0.2, 0) is 25.7 Å². The Morgan fingerprint density at radius 2 is 1.82 bits per heavy atom. The van der Waals surface area contributed by atoms with E-state index in [1.807, 2.05) is 0 Å². The Morgan fingerprint density at radius 1 is 1.12 bits per heavy atom. The van der Waals surface area contributed by atoms with Crippen molar-refractivity contribution in [2.75, 3.05) is 25.4 Å². The van der Waals surface area contributed by atoms with E-state index < -0.39 is 42.2 Å². The number of carbonyl (C=O) groups excluding carboxylic acids is 3. The van der Waals surface area contributed by atoms with Crippen molar-refractivity contribution in [1.29, 1.82) is 0 Å². The Bertz CT molecular complexity index is 836. The third-order valence-electron chi connectivity index (χ3n) is 4.51. The molecule has 0 fully saturated rings. The number of hydrogen-bond donors (Lipinski definition) is 4. The van der Waals surface area contributed by atoms with Gasteiger partial charge in [-0.15, -0.1) is 0 Å². The minimum Gasteiger partial charge on any atom is -0.481 e. The minimum atomic E-state index is -1.24. The molecule has 1 aromatic heterocycles. The molecular weight excluding hydrogens is 458 g/mol. The zero-order valence-corrected chi connectivity index (χ0v) is 19.7. The van der Waals surface area contributed by atoms with E-state index in [0.29, 0.717) is 13.0 Å². The first-order valence-corrected chi connectivity index (χ1v) is 11.2. The summed E-state index contributed by atoms with van der Waals surface area (Å²) in [5.41, 5.74) is 0. The Hall–Kier alpha value is -2.96. The molecule has 0 unspecified atom stereocenters. The summed E-state index contributed by atoms with van der Waals surface area (Å²) in [6.07, 6.45) is 2.23. The summed E-state index contributed by atoms with van der Waals surface area (Å²) in [4.78, 5) is 59.5. The van der Waals surface area contributed by atoms with Crippen molar-refractivity contribution >= 4 is 36.5 Å². The molecule has 0 aliphatic heterocycles. The summed E-state index contributed by atoms with van der Waals surface area (Å²) in [6, 6.07) is -1.23. The van der Waals surface area contributed by atoms with Crippen LogP contribution in [0.1, 0.15) is 50.5 Å². The van der Waals surface area contributed by atoms with Gasteiger partial charge in [-0.2, -0.15) is 12.6 Å². The maximum atomic E-state index is 12.5. The van der Waals surface area contributed by atoms with Crippen LogP contribution in [0.2, 0.25) is 0 Å². The largest absolute Gasteiger partial charge is 0.519 e. The number of amides is 3. The number of nitrogens with one attached hydrogen (secondary N) is 2. The predicted octanol–water partition coefficient (Wildman–Crippen LogP) is 1.07. The van der Waals surface area contributed by atoms with Gasteiger partial charge in [-0.1, -0.05) is 12.8 Å². The fourth-order valence-electron chi connectivity index (χ4n) is 2.85. The van der Waals surface area contributed by atoms with E-state index in [-0.39, 0.29) is 31.2 Å². The fraction of sp³-hybridized carbons (Fsp3) is 0.650. The fourth-order valence-corrected chi connectivity index (χ4v) is 3.08. The molecule has 186 valence electrons. The van der Waals surface area contributed by atoms with Crippen molar-refractivity contribution in [3.8, 4) is 0 Å². The van der Waals surface area contributed by atoms with Gasteiger partial charge in [0.15, 0.2) is 18.1 Å². The van der Waals surface area contributed by atoms with Crippen molar-refractivity contribution in [3.63, 3.8) is 0 Å². The molecule has 13 heteroatoms. The Morgan fingerprint density at radius 3 is 2.39 bits per heavy atom. The summed E-state index contributed by atoms with van der Waals surface area (Å²) in [6.45, 7) is 2.86. The standard InChI is InChI=1S/C20H31N3O9S/c1-13-16(32-20(29)31-13)12-30-19(28)23(8-5-3-4-6-10-33)9-7-21-18(27)15(11-17(25)26)22-14(2)24/h15,33H,3-12H2,1-2H3,(H,21,27)(H,22,24)(H,25,26)/t15-/m0/s1. The van der Waals surface area contributed by atoms with Crippen LogP contribution in [-0.4, -0.2) is 65.3 Å². The van der Waals surface area contributed by atoms with Crippen molar-refractivity contribution in [1.82, 2.24) is 15.5 Å². The average Bonchev–Trinajstić information content (AvgIpc) is 3.06. The van der Waals surface area contributed by atoms with E-state index in [1.54, 1.807) is 0 Å². The molecule has 1 heterocycles. The average molecular weight is 490 g/mol. The lowest BCUT2D eigenvalue weighted by atomic mass is 10.2. The first-order chi connectivity index (χ1) is 15.6. The maximum Gasteiger partial charge on any atom is 0.519 e. The molecule has 3 N–H and O–H groups in total. The smallest absolute Gasteiger partial charge is 0.481 e. The van der Waals surface area contributed by atoms with Gasteiger partial charge < -0.3 is 34.2 Å². The molecule has 33 heavy (non-hydrogen) atoms. The third-order valence-corrected chi connectivity index (χ3v) is 4.83. The van der Waals surface area contributed by atoms with Crippen LogP contribution in [0.15, 0.2) is 13.6 Å². The molecule has 12 nitrogen and oxygen atoms in total. The lowest BCUT2D eigenvalue weighted by Crippen LogP contribution is -2.49. The van der Waals surface area contributed by atoms with Gasteiger partial charge >= 0.3 is 17.9 Å². The van der Waals surface area contributed by atoms with Crippen LogP contribution in [0.4, 0.5) is 4.79 Å². The molecule has 1 aromatic rings. The third kappa shape index (κ3) is 11.5. The van der Waals surface area contributed by atoms with Gasteiger partial charge in [-0.25, -0.2) is 9.59 Å². The summed E-state index contributed by atoms with van der Waals surface area (Å²) in [5, 5.41) is 13.7. The molecule has 1 atom stereocenters. The van der Waals surface area contributed by atoms with Crippen LogP contribution >= 0.6 is 12.6 Å². The van der Waals surface area contributed by atoms with Gasteiger partial charge in [0.05, 0.1) is 6.42 Å². The Labute approximate surface area is 196 Å². The van der Waals surface area contributed by atoms with Crippen LogP contribution in [0, 0.1) is 6.92 Å². The lowest BCUT2D eigenvalue weighted by molar-refractivity contribution is -0.140. The highest BCUT2D eigenvalue weighted by Crippen LogP contribution is 2.09. The quantitative estimate of drug-likeness (QED) is 0.208. The van der Waals surface area contributed by atoms with E-state index in [1.165, 1.54) is 18.7 Å². The minimum absolute atomic E-state index is 0.0140. The van der Waals surface area contributed by atoms with Crippen molar-refractivity contribution in [2.45, 2.75) is 58.6 Å². The highest BCUT2D eigenvalue weighted by atomic mass is 32.1. The number of thiol groups is 1. The number of unbranched alkanes of at least 4 members (excludes halogenated alkanes) is 3. The molecular formula is C20H31N3O9S. The van der Waals surface area contributed by atoms with E-state index in [4.69, 9.17) is 18.7 Å². The first kappa shape index (κ1) is 28.1. The number of carboxylic acid groups (broad SMARTS) is 1. The number of carbonyl (C=O) groups is 4. The molecule has 0 aromatic carbocycles. The van der Waals surface area contributed by atoms with Gasteiger partial charge in [0.1, 0.15) is 6.04 Å². The molecule has 1 rings (SSSR count). The van der Waals surface area contributed by atoms with Gasteiger partial charge in [-0.3, -0.25) is 14.4 Å². The lowest BCUT2D eigenvalue weighted by Gasteiger charge is -2.23. The predicted molar refractivity (Wildman–Crippen MR) is 119 cm³/mol. The number of ether oxygens (including phenoxy) is 1. The second-order valence-electron chi connectivity index (χ2n) is 7.25. The summed E-state index contributed by atoms with van der Waals surface area (Å²) < 4.78 is 14.7. The van der Waals surface area contributed by atoms with E-state index in [9.17, 15) is 24.0 Å². The SMILES string of the molecule is CC(=O)N[C@@H](CC(=O)O)C(=O)NCCN(CCCCCCS)C(=O)OCc1oc(=O)oc1C. The van der Waals surface area contributed by atoms with Crippen LogP contribution in [0.25, 0.3) is 0 Å². The van der Waals surface area contributed by atoms with Crippen molar-refractivity contribution in [3.05, 3.63) is 22.1 Å². The van der Waals surface area contributed by atoms with Gasteiger partial charge in [0, 0.05) is 26.6 Å². The number of aryl methyl sites for hydroxylation is 1. The highest BCUT2D eigenvalue weighted by molar-refractivity contribution is 7.80. The number of nitrogens with zero attached hydrogens (tertiary/aromatic N) is 1. The zero-order valence-electron chi connectivity index (χ0n) is 18.8. The van der Waals surface area contributed by atoms with Gasteiger partial charge in [-0.05, 0) is 25.5 Å². The van der Waals surface area contributed by atoms with E-state index in [0.717, 1.165) is 25.0 Å². The monoisotopic (exact) mass is 489 g/mol. The van der Waals surface area contributed by atoms with E-state index >= 15 is 0 Å². The topological polar surface area (TPSA) is 168 Å². The Kier molecular flexibility index (Phi) is 12.7. The van der Waals surface area contributed by atoms with Gasteiger partial charge in [0.2, 0.25) is 11.8 Å². The zero-order chi connectivity index (χ0) is 24.8. The number of carboxylic acids is 1. The molecule has 0 bridgehead atoms. The van der Waals surface area contributed by atoms with E-state index in [2.05, 4.69) is 23.3 Å². The molecule has 0 spiro atoms. The molecule has 0 aliphatic rings. The highest BCUT2D eigenvalue weighted by Gasteiger charge is 2.23. The van der Waals surface area contributed by atoms with Crippen molar-refractivity contribution in [2.24, 2.45) is 0 Å². The van der Waals surface area contributed by atoms with Crippen LogP contribution in [0.3, 0.4) is 0 Å². The summed E-state index contributed by atoms with van der Waals surface area (Å²) in [7, 11) is 0. The number of aliphatic carboxylic acids is 1. The second kappa shape index (κ2) is 15.0. The van der Waals surface area contributed by atoms with Crippen LogP contribution < -0.4 is 16.5 Å². The molecule has 0 radical (unpaired) electrons. The molecule has 0 aliphatic carbocycles. The molecule has 0 saturated heterocycles. The summed E-state index contributed by atoms with van der Waals surface area (Å²) >= 11 is 4.16. The molecule has 0 saturated carbocycles. The molecule has 3 amide bonds. The summed E-state index contributed by atoms with van der Waals surface area (Å²) in [5.74, 6) is -2.26. The number of hydrogen-bond acceptors (Lipinski definition) is 9.